The molecule has 0 aliphatic heterocycles. The second-order valence-electron chi connectivity index (χ2n) is 6.84. The van der Waals surface area contributed by atoms with Gasteiger partial charge in [-0.3, -0.25) is 9.59 Å². The zero-order valence-corrected chi connectivity index (χ0v) is 18.1. The van der Waals surface area contributed by atoms with Gasteiger partial charge in [-0.25, -0.2) is 4.68 Å². The predicted octanol–water partition coefficient (Wildman–Crippen LogP) is 3.91. The molecule has 2 aromatic heterocycles. The van der Waals surface area contributed by atoms with Crippen LogP contribution in [0.3, 0.4) is 0 Å². The second kappa shape index (κ2) is 8.79. The average Bonchev–Trinajstić information content (AvgIpc) is 3.33. The molecule has 2 heterocycles. The number of aryl methyl sites for hydroxylation is 1. The number of carbonyl (C=O) groups excluding carboxylic acids is 2. The van der Waals surface area contributed by atoms with Crippen LogP contribution in [0.1, 0.15) is 25.7 Å². The molecule has 4 rings (SSSR count). The summed E-state index contributed by atoms with van der Waals surface area (Å²) in [6.45, 7) is 2.46. The van der Waals surface area contributed by atoms with E-state index in [-0.39, 0.29) is 30.7 Å². The van der Waals surface area contributed by atoms with Crippen LogP contribution in [0.15, 0.2) is 54.6 Å². The van der Waals surface area contributed by atoms with Crippen molar-refractivity contribution in [2.24, 2.45) is 0 Å². The van der Waals surface area contributed by atoms with Crippen molar-refractivity contribution in [1.82, 2.24) is 20.4 Å². The van der Waals surface area contributed by atoms with Crippen molar-refractivity contribution < 1.29 is 14.7 Å². The molecule has 0 atom stereocenters. The van der Waals surface area contributed by atoms with Crippen molar-refractivity contribution in [3.63, 3.8) is 0 Å². The lowest BCUT2D eigenvalue weighted by molar-refractivity contribution is 0.0929. The molecule has 0 radical (unpaired) electrons. The SMILES string of the molecule is Cc1nn(-c2ccccc2Cl)c2sc(C(=O)NCCNC(=O)c3ccc(O)cc3)cc12. The fourth-order valence-corrected chi connectivity index (χ4v) is 4.41. The fraction of sp³-hybridized carbons (Fsp3) is 0.136. The summed E-state index contributed by atoms with van der Waals surface area (Å²) in [6, 6.07) is 15.2. The molecule has 4 aromatic rings. The molecule has 0 bridgehead atoms. The van der Waals surface area contributed by atoms with Gasteiger partial charge in [-0.1, -0.05) is 23.7 Å². The van der Waals surface area contributed by atoms with Gasteiger partial charge in [0, 0.05) is 24.0 Å². The van der Waals surface area contributed by atoms with Crippen molar-refractivity contribution in [3.8, 4) is 11.4 Å². The van der Waals surface area contributed by atoms with Crippen molar-refractivity contribution >= 4 is 45.0 Å². The summed E-state index contributed by atoms with van der Waals surface area (Å²) in [5.74, 6) is -0.392. The third-order valence-electron chi connectivity index (χ3n) is 4.67. The van der Waals surface area contributed by atoms with Crippen molar-refractivity contribution in [2.75, 3.05) is 13.1 Å². The van der Waals surface area contributed by atoms with Gasteiger partial charge in [-0.05, 0) is 49.4 Å². The molecule has 0 saturated heterocycles. The largest absolute Gasteiger partial charge is 0.508 e. The number of fused-ring (bicyclic) bond motifs is 1. The number of benzene rings is 2. The van der Waals surface area contributed by atoms with Crippen LogP contribution < -0.4 is 10.6 Å². The average molecular weight is 455 g/mol. The zero-order valence-electron chi connectivity index (χ0n) is 16.6. The van der Waals surface area contributed by atoms with Gasteiger partial charge in [-0.2, -0.15) is 5.10 Å². The molecule has 3 N–H and O–H groups in total. The number of phenolic OH excluding ortho intramolecular Hbond substituents is 1. The quantitative estimate of drug-likeness (QED) is 0.385. The van der Waals surface area contributed by atoms with E-state index in [2.05, 4.69) is 15.7 Å². The molecule has 0 unspecified atom stereocenters. The highest BCUT2D eigenvalue weighted by atomic mass is 35.5. The standard InChI is InChI=1S/C22H19ClN4O3S/c1-13-16-12-19(31-22(16)27(26-13)18-5-3-2-4-17(18)23)21(30)25-11-10-24-20(29)14-6-8-15(28)9-7-14/h2-9,12,28H,10-11H2,1H3,(H,24,29)(H,25,30). The van der Waals surface area contributed by atoms with Gasteiger partial charge >= 0.3 is 0 Å². The Morgan fingerprint density at radius 2 is 1.74 bits per heavy atom. The number of amides is 2. The van der Waals surface area contributed by atoms with Crippen LogP contribution in [0.2, 0.25) is 5.02 Å². The normalized spacial score (nSPS) is 10.9. The Hall–Kier alpha value is -3.36. The van der Waals surface area contributed by atoms with Gasteiger partial charge < -0.3 is 15.7 Å². The Balaban J connectivity index is 1.40. The highest BCUT2D eigenvalue weighted by Crippen LogP contribution is 2.32. The molecule has 0 aliphatic rings. The van der Waals surface area contributed by atoms with Gasteiger partial charge in [0.05, 0.1) is 21.3 Å². The van der Waals surface area contributed by atoms with E-state index in [0.29, 0.717) is 15.5 Å². The predicted molar refractivity (Wildman–Crippen MR) is 121 cm³/mol. The van der Waals surface area contributed by atoms with Crippen molar-refractivity contribution in [3.05, 3.63) is 75.8 Å². The van der Waals surface area contributed by atoms with E-state index in [1.54, 1.807) is 10.7 Å². The molecular formula is C22H19ClN4O3S. The molecule has 9 heteroatoms. The first-order valence-corrected chi connectivity index (χ1v) is 10.7. The summed E-state index contributed by atoms with van der Waals surface area (Å²) in [6.07, 6.45) is 0. The molecule has 2 amide bonds. The topological polar surface area (TPSA) is 96.3 Å². The smallest absolute Gasteiger partial charge is 0.261 e. The number of nitrogens with one attached hydrogen (secondary N) is 2. The first-order valence-electron chi connectivity index (χ1n) is 9.53. The fourth-order valence-electron chi connectivity index (χ4n) is 3.10. The van der Waals surface area contributed by atoms with Crippen molar-refractivity contribution in [2.45, 2.75) is 6.92 Å². The van der Waals surface area contributed by atoms with Gasteiger partial charge in [0.2, 0.25) is 0 Å². The van der Waals surface area contributed by atoms with Crippen LogP contribution in [-0.4, -0.2) is 39.8 Å². The van der Waals surface area contributed by atoms with Crippen LogP contribution in [0, 0.1) is 6.92 Å². The first-order chi connectivity index (χ1) is 14.9. The first kappa shape index (κ1) is 20.9. The molecule has 0 fully saturated rings. The van der Waals surface area contributed by atoms with E-state index < -0.39 is 0 Å². The lowest BCUT2D eigenvalue weighted by Gasteiger charge is -2.07. The van der Waals surface area contributed by atoms with Gasteiger partial charge in [-0.15, -0.1) is 11.3 Å². The minimum atomic E-state index is -0.272. The summed E-state index contributed by atoms with van der Waals surface area (Å²) < 4.78 is 1.76. The maximum atomic E-state index is 12.6. The Bertz CT molecular complexity index is 1260. The number of thiophene rings is 1. The van der Waals surface area contributed by atoms with E-state index in [9.17, 15) is 14.7 Å². The summed E-state index contributed by atoms with van der Waals surface area (Å²) in [4.78, 5) is 26.1. The van der Waals surface area contributed by atoms with Crippen molar-refractivity contribution in [1.29, 1.82) is 0 Å². The van der Waals surface area contributed by atoms with Crippen LogP contribution in [0.4, 0.5) is 0 Å². The second-order valence-corrected chi connectivity index (χ2v) is 8.27. The van der Waals surface area contributed by atoms with Gasteiger partial charge in [0.15, 0.2) is 0 Å². The third kappa shape index (κ3) is 4.40. The maximum absolute atomic E-state index is 12.6. The number of aromatic nitrogens is 2. The number of phenols is 1. The van der Waals surface area contributed by atoms with Gasteiger partial charge in [0.1, 0.15) is 10.6 Å². The zero-order chi connectivity index (χ0) is 22.0. The van der Waals surface area contributed by atoms with Crippen LogP contribution >= 0.6 is 22.9 Å². The lowest BCUT2D eigenvalue weighted by atomic mass is 10.2. The van der Waals surface area contributed by atoms with E-state index in [1.807, 2.05) is 31.2 Å². The monoisotopic (exact) mass is 454 g/mol. The van der Waals surface area contributed by atoms with Gasteiger partial charge in [0.25, 0.3) is 11.8 Å². The Morgan fingerprint density at radius 1 is 1.06 bits per heavy atom. The number of nitrogens with zero attached hydrogens (tertiary/aromatic N) is 2. The molecule has 2 aromatic carbocycles. The van der Waals surface area contributed by atoms with E-state index >= 15 is 0 Å². The van der Waals surface area contributed by atoms with E-state index in [1.165, 1.54) is 35.6 Å². The molecule has 0 aliphatic carbocycles. The summed E-state index contributed by atoms with van der Waals surface area (Å²) in [7, 11) is 0. The number of hydrogen-bond acceptors (Lipinski definition) is 5. The summed E-state index contributed by atoms with van der Waals surface area (Å²) in [5, 5.41) is 20.9. The number of para-hydroxylation sites is 1. The Kier molecular flexibility index (Phi) is 5.92. The third-order valence-corrected chi connectivity index (χ3v) is 6.10. The molecule has 0 spiro atoms. The highest BCUT2D eigenvalue weighted by molar-refractivity contribution is 7.20. The molecule has 0 saturated carbocycles. The number of aromatic hydroxyl groups is 1. The van der Waals surface area contributed by atoms with Crippen LogP contribution in [0.5, 0.6) is 5.75 Å². The molecule has 158 valence electrons. The number of carbonyl (C=O) groups is 2. The minimum absolute atomic E-state index is 0.0973. The number of halogens is 1. The summed E-state index contributed by atoms with van der Waals surface area (Å²) >= 11 is 7.66. The summed E-state index contributed by atoms with van der Waals surface area (Å²) in [5.41, 5.74) is 2.01. The Morgan fingerprint density at radius 3 is 2.45 bits per heavy atom. The number of hydrogen-bond donors (Lipinski definition) is 3. The highest BCUT2D eigenvalue weighted by Gasteiger charge is 2.18. The van der Waals surface area contributed by atoms with Crippen LogP contribution in [-0.2, 0) is 0 Å². The number of rotatable bonds is 6. The molecule has 31 heavy (non-hydrogen) atoms. The molecular weight excluding hydrogens is 436 g/mol. The maximum Gasteiger partial charge on any atom is 0.261 e. The molecule has 7 nitrogen and oxygen atoms in total. The minimum Gasteiger partial charge on any atom is -0.508 e. The van der Waals surface area contributed by atoms with Crippen LogP contribution in [0.25, 0.3) is 15.9 Å². The Labute approximate surface area is 187 Å². The van der Waals surface area contributed by atoms with E-state index in [0.717, 1.165) is 21.6 Å². The van der Waals surface area contributed by atoms with E-state index in [4.69, 9.17) is 11.6 Å². The lowest BCUT2D eigenvalue weighted by Crippen LogP contribution is -2.34.